The number of imidazole rings is 1. The molecule has 5 heteroatoms. The van der Waals surface area contributed by atoms with Crippen molar-refractivity contribution in [2.75, 3.05) is 0 Å². The summed E-state index contributed by atoms with van der Waals surface area (Å²) in [6.07, 6.45) is 3.06. The Morgan fingerprint density at radius 2 is 2.05 bits per heavy atom. The van der Waals surface area contributed by atoms with Crippen LogP contribution >= 0.6 is 12.4 Å². The summed E-state index contributed by atoms with van der Waals surface area (Å²) < 4.78 is 2.13. The second-order valence-corrected chi connectivity index (χ2v) is 4.62. The maximum Gasteiger partial charge on any atom is 0.306 e. The van der Waals surface area contributed by atoms with Crippen molar-refractivity contribution in [3.05, 3.63) is 42.2 Å². The normalized spacial score (nSPS) is 17.4. The van der Waals surface area contributed by atoms with Gasteiger partial charge in [-0.3, -0.25) is 4.79 Å². The summed E-state index contributed by atoms with van der Waals surface area (Å²) >= 11 is 0. The number of nitrogens with zero attached hydrogens (tertiary/aromatic N) is 2. The first-order valence-corrected chi connectivity index (χ1v) is 6.08. The Labute approximate surface area is 117 Å². The number of aliphatic carboxylic acids is 1. The molecule has 1 aliphatic rings. The fraction of sp³-hybridized carbons (Fsp3) is 0.286. The predicted molar refractivity (Wildman–Crippen MR) is 74.4 cm³/mol. The molecule has 19 heavy (non-hydrogen) atoms. The lowest BCUT2D eigenvalue weighted by Crippen LogP contribution is -2.25. The average molecular weight is 279 g/mol. The third-order valence-electron chi connectivity index (χ3n) is 3.48. The molecule has 2 heterocycles. The lowest BCUT2D eigenvalue weighted by atomic mass is 9.96. The molecule has 0 fully saturated rings. The van der Waals surface area contributed by atoms with Gasteiger partial charge in [0.2, 0.25) is 0 Å². The van der Waals surface area contributed by atoms with Gasteiger partial charge in [0.25, 0.3) is 0 Å². The summed E-state index contributed by atoms with van der Waals surface area (Å²) in [5, 5.41) is 9.06. The van der Waals surface area contributed by atoms with E-state index < -0.39 is 5.97 Å². The maximum atomic E-state index is 11.0. The largest absolute Gasteiger partial charge is 0.481 e. The minimum absolute atomic E-state index is 0. The van der Waals surface area contributed by atoms with Crippen molar-refractivity contribution in [1.82, 2.24) is 9.55 Å². The summed E-state index contributed by atoms with van der Waals surface area (Å²) in [6.45, 7) is 0.733. The van der Waals surface area contributed by atoms with Crippen molar-refractivity contribution in [3.63, 3.8) is 0 Å². The zero-order chi connectivity index (χ0) is 12.5. The van der Waals surface area contributed by atoms with Crippen LogP contribution < -0.4 is 0 Å². The Morgan fingerprint density at radius 1 is 1.32 bits per heavy atom. The summed E-state index contributed by atoms with van der Waals surface area (Å²) in [6, 6.07) is 10.0. The van der Waals surface area contributed by atoms with E-state index in [4.69, 9.17) is 5.11 Å². The molecule has 1 N–H and O–H groups in total. The van der Waals surface area contributed by atoms with Crippen LogP contribution in [-0.4, -0.2) is 20.6 Å². The van der Waals surface area contributed by atoms with Gasteiger partial charge >= 0.3 is 5.97 Å². The molecular weight excluding hydrogens is 264 g/mol. The number of aromatic nitrogens is 2. The maximum absolute atomic E-state index is 11.0. The van der Waals surface area contributed by atoms with E-state index >= 15 is 0 Å². The summed E-state index contributed by atoms with van der Waals surface area (Å²) in [4.78, 5) is 15.4. The number of carboxylic acid groups (broad SMARTS) is 1. The van der Waals surface area contributed by atoms with Crippen molar-refractivity contribution in [2.24, 2.45) is 5.92 Å². The molecule has 1 unspecified atom stereocenters. The molecule has 0 saturated heterocycles. The van der Waals surface area contributed by atoms with Gasteiger partial charge in [0.05, 0.1) is 5.92 Å². The zero-order valence-electron chi connectivity index (χ0n) is 10.3. The van der Waals surface area contributed by atoms with Gasteiger partial charge in [-0.15, -0.1) is 12.4 Å². The molecule has 0 amide bonds. The van der Waals surface area contributed by atoms with Gasteiger partial charge in [-0.25, -0.2) is 4.98 Å². The molecule has 100 valence electrons. The average Bonchev–Trinajstić information content (AvgIpc) is 2.82. The van der Waals surface area contributed by atoms with Crippen LogP contribution in [0.5, 0.6) is 0 Å². The molecule has 1 aliphatic heterocycles. The second-order valence-electron chi connectivity index (χ2n) is 4.62. The first kappa shape index (κ1) is 13.6. The van der Waals surface area contributed by atoms with Crippen LogP contribution in [0.25, 0.3) is 11.4 Å². The number of halogens is 1. The standard InChI is InChI=1S/C14H14N2O2.ClH/c17-14(18)11-6-7-16-12(8-11)9-15-13(16)10-4-2-1-3-5-10;/h1-5,9,11H,6-8H2,(H,17,18);1H. The number of benzene rings is 1. The van der Waals surface area contributed by atoms with Crippen LogP contribution in [0.2, 0.25) is 0 Å². The number of carbonyl (C=O) groups is 1. The van der Waals surface area contributed by atoms with Gasteiger partial charge < -0.3 is 9.67 Å². The molecule has 1 aromatic carbocycles. The Morgan fingerprint density at radius 3 is 2.74 bits per heavy atom. The quantitative estimate of drug-likeness (QED) is 0.919. The molecule has 0 aliphatic carbocycles. The van der Waals surface area contributed by atoms with Gasteiger partial charge in [0.15, 0.2) is 0 Å². The third-order valence-corrected chi connectivity index (χ3v) is 3.48. The monoisotopic (exact) mass is 278 g/mol. The van der Waals surface area contributed by atoms with Crippen LogP contribution in [0.3, 0.4) is 0 Å². The van der Waals surface area contributed by atoms with Crippen LogP contribution in [0.15, 0.2) is 36.5 Å². The Balaban J connectivity index is 0.00000133. The Bertz CT molecular complexity index is 580. The van der Waals surface area contributed by atoms with E-state index in [1.807, 2.05) is 30.3 Å². The summed E-state index contributed by atoms with van der Waals surface area (Å²) in [5.74, 6) is -0.0315. The molecule has 0 spiro atoms. The Hall–Kier alpha value is -1.81. The second kappa shape index (κ2) is 5.45. The van der Waals surface area contributed by atoms with E-state index in [9.17, 15) is 4.79 Å². The van der Waals surface area contributed by atoms with Gasteiger partial charge in [-0.1, -0.05) is 30.3 Å². The molecular formula is C14H15ClN2O2. The molecule has 0 radical (unpaired) electrons. The minimum Gasteiger partial charge on any atom is -0.481 e. The molecule has 0 saturated carbocycles. The lowest BCUT2D eigenvalue weighted by molar-refractivity contribution is -0.142. The molecule has 0 bridgehead atoms. The van der Waals surface area contributed by atoms with Gasteiger partial charge in [-0.2, -0.15) is 0 Å². The van der Waals surface area contributed by atoms with Crippen LogP contribution in [0, 0.1) is 5.92 Å². The highest BCUT2D eigenvalue weighted by Gasteiger charge is 2.26. The van der Waals surface area contributed by atoms with Crippen molar-refractivity contribution >= 4 is 18.4 Å². The van der Waals surface area contributed by atoms with E-state index in [1.54, 1.807) is 6.20 Å². The molecule has 2 aromatic rings. The highest BCUT2D eigenvalue weighted by Crippen LogP contribution is 2.27. The van der Waals surface area contributed by atoms with Crippen LogP contribution in [-0.2, 0) is 17.8 Å². The van der Waals surface area contributed by atoms with E-state index in [1.165, 1.54) is 0 Å². The topological polar surface area (TPSA) is 55.1 Å². The highest BCUT2D eigenvalue weighted by molar-refractivity contribution is 5.85. The van der Waals surface area contributed by atoms with Crippen molar-refractivity contribution in [3.8, 4) is 11.4 Å². The van der Waals surface area contributed by atoms with E-state index in [-0.39, 0.29) is 18.3 Å². The van der Waals surface area contributed by atoms with E-state index in [0.29, 0.717) is 12.8 Å². The molecule has 3 rings (SSSR count). The number of hydrogen-bond acceptors (Lipinski definition) is 2. The lowest BCUT2D eigenvalue weighted by Gasteiger charge is -2.21. The minimum atomic E-state index is -0.705. The predicted octanol–water partition coefficient (Wildman–Crippen LogP) is 2.62. The zero-order valence-corrected chi connectivity index (χ0v) is 11.1. The van der Waals surface area contributed by atoms with Crippen molar-refractivity contribution in [1.29, 1.82) is 0 Å². The van der Waals surface area contributed by atoms with Gasteiger partial charge in [0, 0.05) is 30.4 Å². The summed E-state index contributed by atoms with van der Waals surface area (Å²) in [5.41, 5.74) is 2.10. The molecule has 1 aromatic heterocycles. The molecule has 1 atom stereocenters. The Kier molecular flexibility index (Phi) is 3.90. The van der Waals surface area contributed by atoms with E-state index in [2.05, 4.69) is 9.55 Å². The number of hydrogen-bond donors (Lipinski definition) is 1. The van der Waals surface area contributed by atoms with Gasteiger partial charge in [-0.05, 0) is 6.42 Å². The SMILES string of the molecule is Cl.O=C(O)C1CCn2c(cnc2-c2ccccc2)C1. The van der Waals surface area contributed by atoms with Crippen LogP contribution in [0.1, 0.15) is 12.1 Å². The van der Waals surface area contributed by atoms with Gasteiger partial charge in [0.1, 0.15) is 5.82 Å². The fourth-order valence-corrected chi connectivity index (χ4v) is 2.49. The smallest absolute Gasteiger partial charge is 0.306 e. The highest BCUT2D eigenvalue weighted by atomic mass is 35.5. The first-order valence-electron chi connectivity index (χ1n) is 6.08. The van der Waals surface area contributed by atoms with Crippen molar-refractivity contribution in [2.45, 2.75) is 19.4 Å². The third kappa shape index (κ3) is 2.49. The number of rotatable bonds is 2. The summed E-state index contributed by atoms with van der Waals surface area (Å²) in [7, 11) is 0. The fourth-order valence-electron chi connectivity index (χ4n) is 2.49. The molecule has 4 nitrogen and oxygen atoms in total. The van der Waals surface area contributed by atoms with E-state index in [0.717, 1.165) is 23.6 Å². The van der Waals surface area contributed by atoms with Crippen LogP contribution in [0.4, 0.5) is 0 Å². The first-order chi connectivity index (χ1) is 8.75. The van der Waals surface area contributed by atoms with Crippen molar-refractivity contribution < 1.29 is 9.90 Å². The number of fused-ring (bicyclic) bond motifs is 1. The number of carboxylic acids is 1.